The Morgan fingerprint density at radius 1 is 1.11 bits per heavy atom. The summed E-state index contributed by atoms with van der Waals surface area (Å²) in [5, 5.41) is 0. The molecule has 9 heteroatoms. The summed E-state index contributed by atoms with van der Waals surface area (Å²) in [6.45, 7) is 8.76. The van der Waals surface area contributed by atoms with Crippen LogP contribution in [0.15, 0.2) is 55.0 Å². The van der Waals surface area contributed by atoms with Crippen LogP contribution in [0.1, 0.15) is 67.6 Å². The van der Waals surface area contributed by atoms with Gasteiger partial charge in [0.15, 0.2) is 11.6 Å². The maximum atomic E-state index is 14.0. The van der Waals surface area contributed by atoms with Gasteiger partial charge >= 0.3 is 0 Å². The standard InChI is InChI=1S/C28H32F2N4O2S/c1-27(2,3)37(35)33-26(20-5-6-23(29)24(30)14-20)25-7-4-19(15-32-25)17-34-12-9-28(10-13-34)22-16-31-11-8-21(22)18-36-28/h4-8,11,14-16,26,33H,9-10,12-13,17-18H2,1-3H3/t26-,37+/m0/s1. The van der Waals surface area contributed by atoms with E-state index in [-0.39, 0.29) is 5.60 Å². The highest BCUT2D eigenvalue weighted by Gasteiger charge is 2.42. The van der Waals surface area contributed by atoms with Crippen molar-refractivity contribution in [3.8, 4) is 0 Å². The largest absolute Gasteiger partial charge is 0.365 e. The van der Waals surface area contributed by atoms with E-state index >= 15 is 0 Å². The number of benzene rings is 1. The molecule has 6 nitrogen and oxygen atoms in total. The highest BCUT2D eigenvalue weighted by Crippen LogP contribution is 2.43. The Kier molecular flexibility index (Phi) is 7.24. The lowest BCUT2D eigenvalue weighted by molar-refractivity contribution is -0.0800. The quantitative estimate of drug-likeness (QED) is 0.494. The maximum absolute atomic E-state index is 14.0. The van der Waals surface area contributed by atoms with E-state index in [1.807, 2.05) is 51.4 Å². The van der Waals surface area contributed by atoms with Crippen LogP contribution in [-0.2, 0) is 34.5 Å². The zero-order chi connectivity index (χ0) is 26.2. The van der Waals surface area contributed by atoms with Gasteiger partial charge in [0.25, 0.3) is 0 Å². The van der Waals surface area contributed by atoms with Crippen molar-refractivity contribution in [2.75, 3.05) is 13.1 Å². The lowest BCUT2D eigenvalue weighted by atomic mass is 9.84. The first-order valence-electron chi connectivity index (χ1n) is 12.5. The first-order valence-corrected chi connectivity index (χ1v) is 13.7. The van der Waals surface area contributed by atoms with Crippen LogP contribution in [0.25, 0.3) is 0 Å². The van der Waals surface area contributed by atoms with Gasteiger partial charge in [0.2, 0.25) is 0 Å². The number of halogens is 2. The van der Waals surface area contributed by atoms with Crippen molar-refractivity contribution in [1.29, 1.82) is 0 Å². The number of nitrogens with one attached hydrogen (secondary N) is 1. The number of pyridine rings is 2. The highest BCUT2D eigenvalue weighted by atomic mass is 32.2. The number of hydrogen-bond donors (Lipinski definition) is 1. The van der Waals surface area contributed by atoms with Crippen LogP contribution >= 0.6 is 0 Å². The molecule has 37 heavy (non-hydrogen) atoms. The van der Waals surface area contributed by atoms with Crippen molar-refractivity contribution in [1.82, 2.24) is 19.6 Å². The number of rotatable bonds is 6. The molecule has 196 valence electrons. The lowest BCUT2D eigenvalue weighted by Gasteiger charge is -2.39. The van der Waals surface area contributed by atoms with Gasteiger partial charge in [-0.2, -0.15) is 0 Å². The van der Waals surface area contributed by atoms with Crippen LogP contribution in [-0.4, -0.2) is 36.9 Å². The summed E-state index contributed by atoms with van der Waals surface area (Å²) >= 11 is 0. The van der Waals surface area contributed by atoms with Crippen molar-refractivity contribution in [2.24, 2.45) is 0 Å². The molecular weight excluding hydrogens is 494 g/mol. The lowest BCUT2D eigenvalue weighted by Crippen LogP contribution is -2.42. The van der Waals surface area contributed by atoms with E-state index in [0.717, 1.165) is 50.2 Å². The van der Waals surface area contributed by atoms with Gasteiger partial charge in [0.1, 0.15) is 0 Å². The second-order valence-corrected chi connectivity index (χ2v) is 12.8. The third-order valence-corrected chi connectivity index (χ3v) is 8.74. The molecule has 0 radical (unpaired) electrons. The van der Waals surface area contributed by atoms with Gasteiger partial charge in [-0.25, -0.2) is 17.7 Å². The highest BCUT2D eigenvalue weighted by molar-refractivity contribution is 7.84. The molecule has 2 atom stereocenters. The van der Waals surface area contributed by atoms with Crippen molar-refractivity contribution >= 4 is 11.0 Å². The third-order valence-electron chi connectivity index (χ3n) is 7.18. The van der Waals surface area contributed by atoms with Gasteiger partial charge in [-0.3, -0.25) is 14.9 Å². The van der Waals surface area contributed by atoms with Crippen LogP contribution in [0.2, 0.25) is 0 Å². The van der Waals surface area contributed by atoms with Crippen molar-refractivity contribution < 1.29 is 17.7 Å². The molecule has 0 unspecified atom stereocenters. The Bertz CT molecular complexity index is 1290. The Morgan fingerprint density at radius 2 is 1.89 bits per heavy atom. The van der Waals surface area contributed by atoms with Gasteiger partial charge in [-0.1, -0.05) is 12.1 Å². The Hall–Kier alpha value is -2.59. The monoisotopic (exact) mass is 526 g/mol. The molecule has 0 bridgehead atoms. The molecule has 2 aromatic heterocycles. The minimum absolute atomic E-state index is 0.228. The third kappa shape index (κ3) is 5.50. The molecule has 1 aromatic carbocycles. The first-order chi connectivity index (χ1) is 17.6. The SMILES string of the molecule is CC(C)(C)[S@@](=O)N[C@@H](c1ccc(F)c(F)c1)c1ccc(CN2CCC3(CC2)OCc2ccncc23)cn1. The molecule has 5 rings (SSSR count). The van der Waals surface area contributed by atoms with Crippen LogP contribution in [0.4, 0.5) is 8.78 Å². The molecule has 0 saturated carbocycles. The van der Waals surface area contributed by atoms with Gasteiger partial charge in [0.05, 0.1) is 39.7 Å². The molecular formula is C28H32F2N4O2S. The molecule has 1 fully saturated rings. The van der Waals surface area contributed by atoms with E-state index in [1.165, 1.54) is 17.2 Å². The van der Waals surface area contributed by atoms with E-state index in [9.17, 15) is 13.0 Å². The second kappa shape index (κ2) is 10.3. The Labute approximate surface area is 219 Å². The summed E-state index contributed by atoms with van der Waals surface area (Å²) in [6.07, 6.45) is 7.40. The zero-order valence-corrected chi connectivity index (χ0v) is 22.2. The van der Waals surface area contributed by atoms with E-state index < -0.39 is 33.4 Å². The van der Waals surface area contributed by atoms with Crippen LogP contribution in [0.3, 0.4) is 0 Å². The molecule has 0 amide bonds. The predicted octanol–water partition coefficient (Wildman–Crippen LogP) is 4.92. The maximum Gasteiger partial charge on any atom is 0.159 e. The summed E-state index contributed by atoms with van der Waals surface area (Å²) in [5.74, 6) is -1.87. The van der Waals surface area contributed by atoms with E-state index in [1.54, 1.807) is 6.20 Å². The molecule has 2 aliphatic heterocycles. The van der Waals surface area contributed by atoms with Gasteiger partial charge in [0, 0.05) is 43.8 Å². The molecule has 3 aromatic rings. The summed E-state index contributed by atoms with van der Waals surface area (Å²) in [5.41, 5.74) is 4.34. The molecule has 4 heterocycles. The molecule has 0 aliphatic carbocycles. The fraction of sp³-hybridized carbons (Fsp3) is 0.429. The number of nitrogens with zero attached hydrogens (tertiary/aromatic N) is 3. The van der Waals surface area contributed by atoms with Crippen LogP contribution in [0, 0.1) is 11.6 Å². The molecule has 1 saturated heterocycles. The average molecular weight is 527 g/mol. The summed E-state index contributed by atoms with van der Waals surface area (Å²) in [7, 11) is -1.44. The number of aromatic nitrogens is 2. The Morgan fingerprint density at radius 3 is 2.57 bits per heavy atom. The first kappa shape index (κ1) is 26.0. The average Bonchev–Trinajstić information content (AvgIpc) is 3.24. The number of piperidine rings is 1. The minimum Gasteiger partial charge on any atom is -0.365 e. The van der Waals surface area contributed by atoms with Crippen molar-refractivity contribution in [3.63, 3.8) is 0 Å². The van der Waals surface area contributed by atoms with Gasteiger partial charge < -0.3 is 4.74 Å². The topological polar surface area (TPSA) is 67.4 Å². The predicted molar refractivity (Wildman–Crippen MR) is 139 cm³/mol. The normalized spacial score (nSPS) is 19.1. The van der Waals surface area contributed by atoms with E-state index in [2.05, 4.69) is 19.6 Å². The summed E-state index contributed by atoms with van der Waals surface area (Å²) < 4.78 is 49.2. The molecule has 2 aliphatic rings. The number of likely N-dealkylation sites (tertiary alicyclic amines) is 1. The van der Waals surface area contributed by atoms with E-state index in [0.29, 0.717) is 17.9 Å². The van der Waals surface area contributed by atoms with Gasteiger partial charge in [-0.15, -0.1) is 0 Å². The smallest absolute Gasteiger partial charge is 0.159 e. The van der Waals surface area contributed by atoms with Gasteiger partial charge in [-0.05, 0) is 74.6 Å². The minimum atomic E-state index is -1.44. The molecule has 1 N–H and O–H groups in total. The van der Waals surface area contributed by atoms with E-state index in [4.69, 9.17) is 4.74 Å². The van der Waals surface area contributed by atoms with Crippen LogP contribution < -0.4 is 4.72 Å². The molecule has 1 spiro atoms. The number of hydrogen-bond acceptors (Lipinski definition) is 5. The summed E-state index contributed by atoms with van der Waals surface area (Å²) in [4.78, 5) is 11.3. The number of ether oxygens (including phenoxy) is 1. The van der Waals surface area contributed by atoms with Crippen molar-refractivity contribution in [2.45, 2.75) is 63.2 Å². The Balaban J connectivity index is 1.28. The fourth-order valence-electron chi connectivity index (χ4n) is 4.97. The zero-order valence-electron chi connectivity index (χ0n) is 21.3. The number of fused-ring (bicyclic) bond motifs is 2. The van der Waals surface area contributed by atoms with Crippen LogP contribution in [0.5, 0.6) is 0 Å². The second-order valence-electron chi connectivity index (χ2n) is 10.8. The fourth-order valence-corrected chi connectivity index (χ4v) is 5.80. The summed E-state index contributed by atoms with van der Waals surface area (Å²) in [6, 6.07) is 8.96. The van der Waals surface area contributed by atoms with Crippen molar-refractivity contribution in [3.05, 3.63) is 94.6 Å².